The van der Waals surface area contributed by atoms with E-state index in [1.807, 2.05) is 0 Å². The van der Waals surface area contributed by atoms with E-state index in [1.54, 1.807) is 6.07 Å². The number of H-pyrrole nitrogens is 1. The van der Waals surface area contributed by atoms with E-state index in [-0.39, 0.29) is 11.6 Å². The van der Waals surface area contributed by atoms with Gasteiger partial charge in [0.1, 0.15) is 0 Å². The normalized spacial score (nSPS) is 17.0. The summed E-state index contributed by atoms with van der Waals surface area (Å²) in [6.07, 6.45) is 3.31. The van der Waals surface area contributed by atoms with Gasteiger partial charge in [-0.1, -0.05) is 25.1 Å². The van der Waals surface area contributed by atoms with Crippen LogP contribution in [0.1, 0.15) is 44.0 Å². The van der Waals surface area contributed by atoms with Crippen molar-refractivity contribution in [3.8, 4) is 0 Å². The molecule has 1 aromatic carbocycles. The fourth-order valence-corrected chi connectivity index (χ4v) is 3.44. The lowest BCUT2D eigenvalue weighted by Crippen LogP contribution is -2.43. The molecule has 5 nitrogen and oxygen atoms in total. The number of rotatable bonds is 5. The van der Waals surface area contributed by atoms with E-state index in [1.165, 1.54) is 17.3 Å². The van der Waals surface area contributed by atoms with Crippen molar-refractivity contribution < 1.29 is 0 Å². The van der Waals surface area contributed by atoms with Crippen LogP contribution in [0.15, 0.2) is 41.2 Å². The molecule has 1 aliphatic rings. The number of nitrogens with one attached hydrogen (secondary N) is 2. The summed E-state index contributed by atoms with van der Waals surface area (Å²) in [5.74, 6) is 0. The fraction of sp³-hybridized carbons (Fsp3) is 0.474. The Balaban J connectivity index is 1.57. The zero-order valence-corrected chi connectivity index (χ0v) is 14.5. The Morgan fingerprint density at radius 3 is 2.67 bits per heavy atom. The minimum absolute atomic E-state index is 0.140. The molecule has 3 rings (SSSR count). The van der Waals surface area contributed by atoms with Crippen LogP contribution in [-0.4, -0.2) is 29.3 Å². The molecule has 1 unspecified atom stereocenters. The van der Waals surface area contributed by atoms with Crippen molar-refractivity contribution in [2.24, 2.45) is 0 Å². The smallest absolute Gasteiger partial charge is 0.264 e. The van der Waals surface area contributed by atoms with Crippen LogP contribution in [0.2, 0.25) is 0 Å². The summed E-state index contributed by atoms with van der Waals surface area (Å²) in [6.45, 7) is 6.45. The molecular formula is C19H26N4O. The maximum Gasteiger partial charge on any atom is 0.264 e. The molecule has 5 heteroatoms. The van der Waals surface area contributed by atoms with Crippen molar-refractivity contribution in [3.63, 3.8) is 0 Å². The maximum absolute atomic E-state index is 11.1. The first-order valence-corrected chi connectivity index (χ1v) is 8.82. The molecular weight excluding hydrogens is 300 g/mol. The van der Waals surface area contributed by atoms with Gasteiger partial charge in [-0.05, 0) is 43.9 Å². The second-order valence-corrected chi connectivity index (χ2v) is 6.48. The van der Waals surface area contributed by atoms with Gasteiger partial charge in [0.2, 0.25) is 0 Å². The van der Waals surface area contributed by atoms with Crippen LogP contribution in [-0.2, 0) is 6.42 Å². The second-order valence-electron chi connectivity index (χ2n) is 6.48. The van der Waals surface area contributed by atoms with E-state index in [4.69, 9.17) is 0 Å². The highest BCUT2D eigenvalue weighted by molar-refractivity contribution is 5.54. The quantitative estimate of drug-likeness (QED) is 0.887. The van der Waals surface area contributed by atoms with E-state index >= 15 is 0 Å². The maximum atomic E-state index is 11.1. The van der Waals surface area contributed by atoms with Crippen molar-refractivity contribution >= 4 is 5.69 Å². The highest BCUT2D eigenvalue weighted by atomic mass is 16.1. The summed E-state index contributed by atoms with van der Waals surface area (Å²) >= 11 is 0. The number of para-hydroxylation sites is 1. The predicted molar refractivity (Wildman–Crippen MR) is 97.5 cm³/mol. The number of anilines is 1. The summed E-state index contributed by atoms with van der Waals surface area (Å²) < 4.78 is 0. The molecule has 1 aliphatic heterocycles. The van der Waals surface area contributed by atoms with Gasteiger partial charge in [0.15, 0.2) is 0 Å². The lowest BCUT2D eigenvalue weighted by Gasteiger charge is -2.36. The topological polar surface area (TPSA) is 61.0 Å². The highest BCUT2D eigenvalue weighted by Gasteiger charge is 2.22. The highest BCUT2D eigenvalue weighted by Crippen LogP contribution is 2.25. The largest absolute Gasteiger partial charge is 0.371 e. The molecule has 0 aliphatic carbocycles. The molecule has 1 aromatic heterocycles. The third-order valence-electron chi connectivity index (χ3n) is 4.84. The van der Waals surface area contributed by atoms with Crippen LogP contribution in [0, 0.1) is 0 Å². The van der Waals surface area contributed by atoms with E-state index in [0.717, 1.165) is 38.0 Å². The van der Waals surface area contributed by atoms with Gasteiger partial charge < -0.3 is 10.2 Å². The van der Waals surface area contributed by atoms with Crippen LogP contribution in [0.3, 0.4) is 0 Å². The molecule has 0 saturated carbocycles. The minimum Gasteiger partial charge on any atom is -0.371 e. The molecule has 1 fully saturated rings. The third kappa shape index (κ3) is 3.85. The van der Waals surface area contributed by atoms with Crippen molar-refractivity contribution in [2.45, 2.75) is 45.2 Å². The zero-order chi connectivity index (χ0) is 16.9. The van der Waals surface area contributed by atoms with Crippen molar-refractivity contribution in [1.82, 2.24) is 15.5 Å². The van der Waals surface area contributed by atoms with E-state index < -0.39 is 0 Å². The molecule has 1 atom stereocenters. The molecule has 2 aromatic rings. The van der Waals surface area contributed by atoms with Crippen LogP contribution in [0.4, 0.5) is 5.69 Å². The van der Waals surface area contributed by atoms with Crippen molar-refractivity contribution in [2.75, 3.05) is 18.0 Å². The van der Waals surface area contributed by atoms with Crippen LogP contribution in [0.25, 0.3) is 0 Å². The third-order valence-corrected chi connectivity index (χ3v) is 4.84. The Bertz CT molecular complexity index is 699. The number of benzene rings is 1. The zero-order valence-electron chi connectivity index (χ0n) is 14.5. The Morgan fingerprint density at radius 2 is 2.00 bits per heavy atom. The molecule has 1 saturated heterocycles. The summed E-state index contributed by atoms with van der Waals surface area (Å²) in [6, 6.07) is 12.7. The first-order chi connectivity index (χ1) is 11.7. The number of piperidine rings is 1. The Morgan fingerprint density at radius 1 is 1.25 bits per heavy atom. The van der Waals surface area contributed by atoms with Gasteiger partial charge in [-0.2, -0.15) is 5.10 Å². The molecule has 128 valence electrons. The molecule has 0 radical (unpaired) electrons. The second kappa shape index (κ2) is 7.62. The van der Waals surface area contributed by atoms with Gasteiger partial charge in [-0.15, -0.1) is 0 Å². The minimum atomic E-state index is -0.158. The Kier molecular flexibility index (Phi) is 5.30. The number of hydrogen-bond acceptors (Lipinski definition) is 4. The first-order valence-electron chi connectivity index (χ1n) is 8.82. The SMILES string of the molecule is CCc1ccccc1N1CCC(NC(C)c2ccc(=O)[nH]n2)CC1. The Hall–Kier alpha value is -2.14. The summed E-state index contributed by atoms with van der Waals surface area (Å²) in [5.41, 5.74) is 3.53. The Labute approximate surface area is 143 Å². The standard InChI is InChI=1S/C19H26N4O/c1-3-15-6-4-5-7-18(15)23-12-10-16(11-13-23)20-14(2)17-8-9-19(24)22-21-17/h4-9,14,16,20H,3,10-13H2,1-2H3,(H,22,24). The lowest BCUT2D eigenvalue weighted by atomic mass is 10.0. The van der Waals surface area contributed by atoms with E-state index in [0.29, 0.717) is 6.04 Å². The van der Waals surface area contributed by atoms with E-state index in [2.05, 4.69) is 58.5 Å². The number of aromatic amines is 1. The molecule has 2 N–H and O–H groups in total. The molecule has 0 bridgehead atoms. The van der Waals surface area contributed by atoms with Crippen LogP contribution < -0.4 is 15.8 Å². The van der Waals surface area contributed by atoms with Gasteiger partial charge in [0, 0.05) is 36.9 Å². The number of nitrogens with zero attached hydrogens (tertiary/aromatic N) is 2. The van der Waals surface area contributed by atoms with Gasteiger partial charge in [0.05, 0.1) is 5.69 Å². The first kappa shape index (κ1) is 16.7. The number of aryl methyl sites for hydroxylation is 1. The summed E-state index contributed by atoms with van der Waals surface area (Å²) in [7, 11) is 0. The summed E-state index contributed by atoms with van der Waals surface area (Å²) in [5, 5.41) is 10.3. The van der Waals surface area contributed by atoms with Gasteiger partial charge >= 0.3 is 0 Å². The lowest BCUT2D eigenvalue weighted by molar-refractivity contribution is 0.376. The van der Waals surface area contributed by atoms with Gasteiger partial charge in [-0.25, -0.2) is 5.10 Å². The monoisotopic (exact) mass is 326 g/mol. The average molecular weight is 326 g/mol. The number of aromatic nitrogens is 2. The summed E-state index contributed by atoms with van der Waals surface area (Å²) in [4.78, 5) is 13.6. The molecule has 0 amide bonds. The average Bonchev–Trinajstić information content (AvgIpc) is 2.63. The molecule has 0 spiro atoms. The number of hydrogen-bond donors (Lipinski definition) is 2. The molecule has 24 heavy (non-hydrogen) atoms. The van der Waals surface area contributed by atoms with Crippen LogP contribution in [0.5, 0.6) is 0 Å². The van der Waals surface area contributed by atoms with Gasteiger partial charge in [-0.3, -0.25) is 4.79 Å². The van der Waals surface area contributed by atoms with Crippen molar-refractivity contribution in [1.29, 1.82) is 0 Å². The van der Waals surface area contributed by atoms with Crippen molar-refractivity contribution in [3.05, 3.63) is 58.0 Å². The fourth-order valence-electron chi connectivity index (χ4n) is 3.44. The van der Waals surface area contributed by atoms with Crippen LogP contribution >= 0.6 is 0 Å². The van der Waals surface area contributed by atoms with Gasteiger partial charge in [0.25, 0.3) is 5.56 Å². The molecule has 2 heterocycles. The predicted octanol–water partition coefficient (Wildman–Crippen LogP) is 2.65. The van der Waals surface area contributed by atoms with E-state index in [9.17, 15) is 4.79 Å².